The van der Waals surface area contributed by atoms with Gasteiger partial charge in [-0.15, -0.1) is 5.10 Å². The molecular formula is C38H42N8O7S. The van der Waals surface area contributed by atoms with E-state index >= 15 is 0 Å². The lowest BCUT2D eigenvalue weighted by Crippen LogP contribution is -2.38. The molecule has 4 aromatic rings. The highest BCUT2D eigenvalue weighted by Crippen LogP contribution is 2.29. The molecule has 15 nitrogen and oxygen atoms in total. The van der Waals surface area contributed by atoms with Crippen LogP contribution in [-0.4, -0.2) is 74.6 Å². The lowest BCUT2D eigenvalue weighted by Gasteiger charge is -2.19. The summed E-state index contributed by atoms with van der Waals surface area (Å²) in [5.74, 6) is -0.134. The average molecular weight is 755 g/mol. The van der Waals surface area contributed by atoms with E-state index in [-0.39, 0.29) is 43.2 Å². The summed E-state index contributed by atoms with van der Waals surface area (Å²) in [7, 11) is 1.49. The smallest absolute Gasteiger partial charge is 0.420 e. The molecule has 3 aromatic carbocycles. The highest BCUT2D eigenvalue weighted by Gasteiger charge is 2.38. The predicted octanol–water partition coefficient (Wildman–Crippen LogP) is 5.92. The summed E-state index contributed by atoms with van der Waals surface area (Å²) in [4.78, 5) is 52.7. The Morgan fingerprint density at radius 2 is 1.87 bits per heavy atom. The highest BCUT2D eigenvalue weighted by molar-refractivity contribution is 7.98. The molecule has 16 heteroatoms. The fourth-order valence-corrected chi connectivity index (χ4v) is 6.21. The highest BCUT2D eigenvalue weighted by atomic mass is 32.2. The number of aromatic nitrogens is 4. The summed E-state index contributed by atoms with van der Waals surface area (Å²) < 4.78 is 18.2. The van der Waals surface area contributed by atoms with Crippen molar-refractivity contribution in [2.45, 2.75) is 64.1 Å². The number of rotatable bonds is 15. The normalized spacial score (nSPS) is 14.2. The lowest BCUT2D eigenvalue weighted by atomic mass is 10.1. The summed E-state index contributed by atoms with van der Waals surface area (Å²) in [5.41, 5.74) is 3.83. The minimum atomic E-state index is -0.745. The van der Waals surface area contributed by atoms with Crippen LogP contribution in [0, 0.1) is 19.8 Å². The number of ether oxygens (including phenoxy) is 3. The zero-order valence-electron chi connectivity index (χ0n) is 30.7. The molecule has 2 atom stereocenters. The molecule has 0 spiro atoms. The molecule has 0 saturated heterocycles. The van der Waals surface area contributed by atoms with E-state index in [1.807, 2.05) is 51.1 Å². The first-order valence-corrected chi connectivity index (χ1v) is 18.2. The largest absolute Gasteiger partial charge is 0.480 e. The van der Waals surface area contributed by atoms with Crippen LogP contribution < -0.4 is 19.8 Å². The quantitative estimate of drug-likeness (QED) is 0.0868. The van der Waals surface area contributed by atoms with Gasteiger partial charge in [0.25, 0.3) is 11.8 Å². The van der Waals surface area contributed by atoms with E-state index in [0.717, 1.165) is 16.7 Å². The number of amidine groups is 1. The third-order valence-electron chi connectivity index (χ3n) is 8.29. The van der Waals surface area contributed by atoms with Crippen molar-refractivity contribution < 1.29 is 33.4 Å². The Morgan fingerprint density at radius 3 is 2.59 bits per heavy atom. The van der Waals surface area contributed by atoms with Gasteiger partial charge in [-0.3, -0.25) is 19.3 Å². The molecule has 3 amide bonds. The van der Waals surface area contributed by atoms with Crippen LogP contribution in [0.4, 0.5) is 16.2 Å². The fourth-order valence-electron chi connectivity index (χ4n) is 5.35. The Hall–Kier alpha value is -6.03. The Bertz CT molecular complexity index is 2030. The molecule has 5 rings (SSSR count). The van der Waals surface area contributed by atoms with Gasteiger partial charge in [0, 0.05) is 18.5 Å². The first-order valence-electron chi connectivity index (χ1n) is 17.2. The van der Waals surface area contributed by atoms with Gasteiger partial charge in [-0.25, -0.2) is 9.48 Å². The van der Waals surface area contributed by atoms with Crippen LogP contribution in [-0.2, 0) is 31.4 Å². The lowest BCUT2D eigenvalue weighted by molar-refractivity contribution is -0.142. The van der Waals surface area contributed by atoms with Crippen molar-refractivity contribution in [3.8, 4) is 11.5 Å². The molecule has 0 aliphatic carbocycles. The van der Waals surface area contributed by atoms with E-state index in [0.29, 0.717) is 40.2 Å². The molecule has 0 radical (unpaired) electrons. The Kier molecular flexibility index (Phi) is 13.2. The van der Waals surface area contributed by atoms with Crippen molar-refractivity contribution in [2.24, 2.45) is 11.0 Å². The van der Waals surface area contributed by atoms with Crippen LogP contribution in [0.2, 0.25) is 0 Å². The molecule has 1 aliphatic rings. The number of thioether (sulfide) groups is 1. The average Bonchev–Trinajstić information content (AvgIpc) is 3.74. The number of aryl methyl sites for hydroxylation is 3. The number of benzene rings is 3. The second-order valence-corrected chi connectivity index (χ2v) is 13.4. The molecule has 0 fully saturated rings. The molecule has 1 N–H and O–H groups in total. The number of nitrogens with one attached hydrogen (secondary N) is 1. The van der Waals surface area contributed by atoms with Crippen molar-refractivity contribution in [2.75, 3.05) is 24.0 Å². The van der Waals surface area contributed by atoms with Crippen LogP contribution in [0.1, 0.15) is 43.4 Å². The van der Waals surface area contributed by atoms with E-state index in [9.17, 15) is 19.2 Å². The van der Waals surface area contributed by atoms with Crippen molar-refractivity contribution in [1.82, 2.24) is 25.1 Å². The molecule has 0 bridgehead atoms. The molecule has 282 valence electrons. The third kappa shape index (κ3) is 9.89. The maximum atomic E-state index is 13.3. The van der Waals surface area contributed by atoms with Gasteiger partial charge < -0.3 is 19.5 Å². The van der Waals surface area contributed by atoms with E-state index in [1.54, 1.807) is 43.3 Å². The van der Waals surface area contributed by atoms with E-state index < -0.39 is 18.1 Å². The van der Waals surface area contributed by atoms with Crippen molar-refractivity contribution in [1.29, 1.82) is 0 Å². The standard InChI is InChI=1S/C38H42N8O7S/c1-7-20-51-33(47)18-19-45-37(40-42-43-45)54-23-27-13-15-30(16-14-27)52-38(50)44(6)34-26(5)36(49)46(41-34)29-11-9-10-28(22-29)39-35(48)31(8-2)53-32-17-12-24(3)21-25(32)4/h7,9-17,21-22,26,31H,1,8,18-20,23H2,2-6H3,(H,39,48). The number of nitrogens with zero attached hydrogens (tertiary/aromatic N) is 7. The minimum Gasteiger partial charge on any atom is -0.480 e. The van der Waals surface area contributed by atoms with Gasteiger partial charge in [0.2, 0.25) is 5.16 Å². The molecule has 2 heterocycles. The maximum absolute atomic E-state index is 13.3. The summed E-state index contributed by atoms with van der Waals surface area (Å²) in [5, 5.41) is 20.8. The zero-order chi connectivity index (χ0) is 38.8. The minimum absolute atomic E-state index is 0.121. The van der Waals surface area contributed by atoms with E-state index in [2.05, 4.69) is 32.5 Å². The number of tetrazole rings is 1. The van der Waals surface area contributed by atoms with Crippen molar-refractivity contribution in [3.05, 3.63) is 96.1 Å². The van der Waals surface area contributed by atoms with E-state index in [1.165, 1.54) is 39.5 Å². The number of hydrazone groups is 1. The van der Waals surface area contributed by atoms with Gasteiger partial charge in [0.1, 0.15) is 23.9 Å². The Balaban J connectivity index is 1.16. The van der Waals surface area contributed by atoms with Crippen LogP contribution in [0.25, 0.3) is 0 Å². The number of anilines is 2. The number of amides is 3. The maximum Gasteiger partial charge on any atom is 0.420 e. The van der Waals surface area contributed by atoms with Gasteiger partial charge in [0.15, 0.2) is 6.10 Å². The third-order valence-corrected chi connectivity index (χ3v) is 9.32. The molecular weight excluding hydrogens is 713 g/mol. The van der Waals surface area contributed by atoms with Gasteiger partial charge in [-0.1, -0.05) is 67.2 Å². The number of esters is 1. The molecule has 54 heavy (non-hydrogen) atoms. The van der Waals surface area contributed by atoms with Gasteiger partial charge in [0.05, 0.1) is 24.6 Å². The molecule has 0 saturated carbocycles. The van der Waals surface area contributed by atoms with Crippen LogP contribution in [0.15, 0.2) is 89.6 Å². The zero-order valence-corrected chi connectivity index (χ0v) is 31.5. The monoisotopic (exact) mass is 754 g/mol. The van der Waals surface area contributed by atoms with Gasteiger partial charge >= 0.3 is 12.1 Å². The summed E-state index contributed by atoms with van der Waals surface area (Å²) in [6.07, 6.45) is 0.615. The molecule has 1 aromatic heterocycles. The number of carbonyl (C=O) groups is 4. The second-order valence-electron chi connectivity index (χ2n) is 12.4. The number of carbonyl (C=O) groups excluding carboxylic acids is 4. The first-order chi connectivity index (χ1) is 26.0. The topological polar surface area (TPSA) is 170 Å². The van der Waals surface area contributed by atoms with Crippen LogP contribution >= 0.6 is 11.8 Å². The summed E-state index contributed by atoms with van der Waals surface area (Å²) >= 11 is 1.39. The van der Waals surface area contributed by atoms with Crippen molar-refractivity contribution in [3.63, 3.8) is 0 Å². The van der Waals surface area contributed by atoms with Crippen molar-refractivity contribution >= 4 is 52.8 Å². The molecule has 2 unspecified atom stereocenters. The fraction of sp³-hybridized carbons (Fsp3) is 0.316. The Morgan fingerprint density at radius 1 is 1.09 bits per heavy atom. The van der Waals surface area contributed by atoms with Gasteiger partial charge in [-0.2, -0.15) is 10.1 Å². The Labute approximate surface area is 317 Å². The van der Waals surface area contributed by atoms with Crippen LogP contribution in [0.5, 0.6) is 11.5 Å². The predicted molar refractivity (Wildman–Crippen MR) is 203 cm³/mol. The summed E-state index contributed by atoms with van der Waals surface area (Å²) in [6, 6.07) is 19.5. The van der Waals surface area contributed by atoms with Crippen LogP contribution in [0.3, 0.4) is 0 Å². The molecule has 1 aliphatic heterocycles. The van der Waals surface area contributed by atoms with E-state index in [4.69, 9.17) is 14.2 Å². The first kappa shape index (κ1) is 39.2. The number of hydrogen-bond donors (Lipinski definition) is 1. The SMILES string of the molecule is C=CCOC(=O)CCn1nnnc1SCc1ccc(OC(=O)N(C)C2=NN(c3cccc(NC(=O)C(CC)Oc4ccc(C)cc4C)c3)C(=O)C2C)cc1. The second kappa shape index (κ2) is 18.1. The number of hydrogen-bond acceptors (Lipinski definition) is 12. The summed E-state index contributed by atoms with van der Waals surface area (Å²) in [6.45, 7) is 11.4. The van der Waals surface area contributed by atoms with Gasteiger partial charge in [-0.05, 0) is 85.1 Å².